The summed E-state index contributed by atoms with van der Waals surface area (Å²) in [6, 6.07) is 3.29. The number of alkyl halides is 1. The van der Waals surface area contributed by atoms with Gasteiger partial charge in [0.1, 0.15) is 0 Å². The van der Waals surface area contributed by atoms with Crippen LogP contribution in [0.25, 0.3) is 0 Å². The Morgan fingerprint density at radius 1 is 1.38 bits per heavy atom. The average molecular weight is 296 g/mol. The summed E-state index contributed by atoms with van der Waals surface area (Å²) < 4.78 is 23.3. The second kappa shape index (κ2) is 6.17. The number of halogens is 1. The van der Waals surface area contributed by atoms with Crippen molar-refractivity contribution in [3.05, 3.63) is 29.6 Å². The van der Waals surface area contributed by atoms with Crippen molar-refractivity contribution in [3.63, 3.8) is 0 Å². The van der Waals surface area contributed by atoms with E-state index in [0.29, 0.717) is 24.3 Å². The highest BCUT2D eigenvalue weighted by atomic mass is 19.1. The zero-order valence-electron chi connectivity index (χ0n) is 12.0. The lowest BCUT2D eigenvalue weighted by atomic mass is 10.1. The minimum Gasteiger partial charge on any atom is -0.467 e. The van der Waals surface area contributed by atoms with Crippen LogP contribution in [0, 0.1) is 0 Å². The van der Waals surface area contributed by atoms with Crippen LogP contribution in [0.3, 0.4) is 0 Å². The van der Waals surface area contributed by atoms with Gasteiger partial charge in [-0.25, -0.2) is 14.0 Å². The number of hydrogen-bond acceptors (Lipinski definition) is 6. The molecule has 0 aromatic carbocycles. The van der Waals surface area contributed by atoms with Crippen molar-refractivity contribution < 1.29 is 23.5 Å². The molecule has 1 fully saturated rings. The van der Waals surface area contributed by atoms with Crippen molar-refractivity contribution in [2.24, 2.45) is 0 Å². The maximum Gasteiger partial charge on any atom is 0.345 e. The molecule has 0 amide bonds. The third kappa shape index (κ3) is 3.36. The van der Waals surface area contributed by atoms with Gasteiger partial charge < -0.3 is 9.47 Å². The van der Waals surface area contributed by atoms with Gasteiger partial charge in [-0.05, 0) is 12.1 Å². The molecule has 6 nitrogen and oxygen atoms in total. The quantitative estimate of drug-likeness (QED) is 0.771. The van der Waals surface area contributed by atoms with Gasteiger partial charge in [-0.3, -0.25) is 9.88 Å². The molecule has 114 valence electrons. The Kier molecular flexibility index (Phi) is 4.52. The van der Waals surface area contributed by atoms with Crippen molar-refractivity contribution in [2.75, 3.05) is 27.3 Å². The van der Waals surface area contributed by atoms with Gasteiger partial charge in [0.2, 0.25) is 5.67 Å². The summed E-state index contributed by atoms with van der Waals surface area (Å²) in [5.74, 6) is -1.29. The largest absolute Gasteiger partial charge is 0.467 e. The van der Waals surface area contributed by atoms with Crippen LogP contribution in [0.5, 0.6) is 0 Å². The van der Waals surface area contributed by atoms with Crippen molar-refractivity contribution in [1.82, 2.24) is 9.88 Å². The second-order valence-corrected chi connectivity index (χ2v) is 4.95. The molecule has 2 rings (SSSR count). The Hall–Kier alpha value is -2.02. The highest BCUT2D eigenvalue weighted by molar-refractivity contribution is 5.88. The summed E-state index contributed by atoms with van der Waals surface area (Å²) in [5, 5.41) is 0. The van der Waals surface area contributed by atoms with Gasteiger partial charge >= 0.3 is 11.9 Å². The molecule has 0 N–H and O–H groups in total. The number of rotatable bonds is 4. The molecule has 1 aromatic rings. The number of aromatic nitrogens is 1. The molecule has 0 radical (unpaired) electrons. The first kappa shape index (κ1) is 15.4. The van der Waals surface area contributed by atoms with Crippen LogP contribution in [0.15, 0.2) is 18.3 Å². The number of pyridine rings is 1. The maximum absolute atomic E-state index is 14.3. The van der Waals surface area contributed by atoms with E-state index >= 15 is 0 Å². The fourth-order valence-electron chi connectivity index (χ4n) is 2.32. The molecule has 1 aliphatic rings. The number of ether oxygens (including phenoxy) is 2. The lowest BCUT2D eigenvalue weighted by Gasteiger charge is -2.18. The standard InChI is InChI=1S/C14H17FN2O4/c1-20-12(18)10-3-4-11(16-7-10)8-17-6-5-14(15,9-17)13(19)21-2/h3-4,7H,5-6,8-9H2,1-2H3/t14-/m1/s1. The van der Waals surface area contributed by atoms with Gasteiger partial charge in [0.25, 0.3) is 0 Å². The van der Waals surface area contributed by atoms with Gasteiger partial charge in [-0.2, -0.15) is 0 Å². The Labute approximate surface area is 121 Å². The van der Waals surface area contributed by atoms with Gasteiger partial charge in [0.15, 0.2) is 0 Å². The summed E-state index contributed by atoms with van der Waals surface area (Å²) in [6.45, 7) is 0.844. The number of carbonyl (C=O) groups is 2. The van der Waals surface area contributed by atoms with E-state index < -0.39 is 17.6 Å². The monoisotopic (exact) mass is 296 g/mol. The van der Waals surface area contributed by atoms with Gasteiger partial charge in [0, 0.05) is 32.3 Å². The molecule has 1 aromatic heterocycles. The number of carbonyl (C=O) groups excluding carboxylic acids is 2. The average Bonchev–Trinajstić information content (AvgIpc) is 2.88. The number of methoxy groups -OCH3 is 2. The molecule has 0 saturated carbocycles. The minimum absolute atomic E-state index is 0.0138. The van der Waals surface area contributed by atoms with E-state index in [1.165, 1.54) is 20.4 Å². The van der Waals surface area contributed by atoms with E-state index in [2.05, 4.69) is 14.5 Å². The first-order chi connectivity index (χ1) is 9.98. The van der Waals surface area contributed by atoms with Crippen LogP contribution in [-0.2, 0) is 20.8 Å². The first-order valence-electron chi connectivity index (χ1n) is 6.51. The summed E-state index contributed by atoms with van der Waals surface area (Å²) in [6.07, 6.45) is 1.53. The molecule has 1 saturated heterocycles. The molecule has 0 unspecified atom stereocenters. The summed E-state index contributed by atoms with van der Waals surface area (Å²) in [5.41, 5.74) is -0.894. The summed E-state index contributed by atoms with van der Waals surface area (Å²) in [7, 11) is 2.48. The highest BCUT2D eigenvalue weighted by Crippen LogP contribution is 2.27. The molecular weight excluding hydrogens is 279 g/mol. The highest BCUT2D eigenvalue weighted by Gasteiger charge is 2.46. The van der Waals surface area contributed by atoms with Crippen LogP contribution >= 0.6 is 0 Å². The van der Waals surface area contributed by atoms with E-state index in [-0.39, 0.29) is 13.0 Å². The Morgan fingerprint density at radius 2 is 2.14 bits per heavy atom. The second-order valence-electron chi connectivity index (χ2n) is 4.95. The lowest BCUT2D eigenvalue weighted by Crippen LogP contribution is -2.38. The normalized spacial score (nSPS) is 22.0. The molecule has 0 bridgehead atoms. The van der Waals surface area contributed by atoms with Gasteiger partial charge in [0.05, 0.1) is 25.5 Å². The van der Waals surface area contributed by atoms with E-state index in [1.807, 2.05) is 0 Å². The zero-order valence-corrected chi connectivity index (χ0v) is 12.0. The molecule has 1 aliphatic heterocycles. The molecular formula is C14H17FN2O4. The van der Waals surface area contributed by atoms with Crippen LogP contribution in [-0.4, -0.2) is 54.8 Å². The minimum atomic E-state index is -1.94. The smallest absolute Gasteiger partial charge is 0.345 e. The maximum atomic E-state index is 14.3. The predicted molar refractivity (Wildman–Crippen MR) is 71.3 cm³/mol. The molecule has 0 aliphatic carbocycles. The van der Waals surface area contributed by atoms with E-state index in [1.54, 1.807) is 17.0 Å². The predicted octanol–water partition coefficient (Wildman–Crippen LogP) is 0.955. The fraction of sp³-hybridized carbons (Fsp3) is 0.500. The van der Waals surface area contributed by atoms with Crippen LogP contribution in [0.1, 0.15) is 22.5 Å². The molecule has 21 heavy (non-hydrogen) atoms. The molecule has 0 spiro atoms. The number of esters is 2. The van der Waals surface area contributed by atoms with E-state index in [0.717, 1.165) is 0 Å². The van der Waals surface area contributed by atoms with Crippen LogP contribution in [0.4, 0.5) is 4.39 Å². The van der Waals surface area contributed by atoms with Crippen LogP contribution in [0.2, 0.25) is 0 Å². The van der Waals surface area contributed by atoms with E-state index in [4.69, 9.17) is 0 Å². The first-order valence-corrected chi connectivity index (χ1v) is 6.51. The molecule has 1 atom stereocenters. The third-order valence-corrected chi connectivity index (χ3v) is 3.48. The van der Waals surface area contributed by atoms with E-state index in [9.17, 15) is 14.0 Å². The summed E-state index contributed by atoms with van der Waals surface area (Å²) in [4.78, 5) is 28.6. The van der Waals surface area contributed by atoms with Crippen molar-refractivity contribution in [1.29, 1.82) is 0 Å². The molecule has 2 heterocycles. The van der Waals surface area contributed by atoms with Gasteiger partial charge in [-0.15, -0.1) is 0 Å². The zero-order chi connectivity index (χ0) is 15.5. The lowest BCUT2D eigenvalue weighted by molar-refractivity contribution is -0.153. The van der Waals surface area contributed by atoms with Crippen molar-refractivity contribution in [3.8, 4) is 0 Å². The van der Waals surface area contributed by atoms with Crippen molar-refractivity contribution >= 4 is 11.9 Å². The Balaban J connectivity index is 1.97. The Morgan fingerprint density at radius 3 is 2.71 bits per heavy atom. The number of likely N-dealkylation sites (tertiary alicyclic amines) is 1. The fourth-order valence-corrected chi connectivity index (χ4v) is 2.32. The summed E-state index contributed by atoms with van der Waals surface area (Å²) >= 11 is 0. The SMILES string of the molecule is COC(=O)c1ccc(CN2CC[C@](F)(C(=O)OC)C2)nc1. The number of nitrogens with zero attached hydrogens (tertiary/aromatic N) is 2. The topological polar surface area (TPSA) is 68.7 Å². The third-order valence-electron chi connectivity index (χ3n) is 3.48. The van der Waals surface area contributed by atoms with Gasteiger partial charge in [-0.1, -0.05) is 0 Å². The van der Waals surface area contributed by atoms with Crippen molar-refractivity contribution in [2.45, 2.75) is 18.6 Å². The Bertz CT molecular complexity index is 534. The number of hydrogen-bond donors (Lipinski definition) is 0. The molecule has 7 heteroatoms. The van der Waals surface area contributed by atoms with Crippen LogP contribution < -0.4 is 0 Å².